The van der Waals surface area contributed by atoms with Gasteiger partial charge in [0.2, 0.25) is 5.95 Å². The van der Waals surface area contributed by atoms with Crippen LogP contribution < -0.4 is 10.2 Å². The third-order valence-electron chi connectivity index (χ3n) is 5.26. The first-order chi connectivity index (χ1) is 15.0. The predicted octanol–water partition coefficient (Wildman–Crippen LogP) is 5.86. The second kappa shape index (κ2) is 8.96. The normalized spacial score (nSPS) is 12.0. The zero-order valence-electron chi connectivity index (χ0n) is 18.0. The molecule has 5 heteroatoms. The molecule has 0 fully saturated rings. The minimum Gasteiger partial charge on any atom is -0.348 e. The van der Waals surface area contributed by atoms with Crippen molar-refractivity contribution >= 4 is 28.4 Å². The van der Waals surface area contributed by atoms with Gasteiger partial charge < -0.3 is 5.32 Å². The maximum atomic E-state index is 13.4. The number of nitrogens with one attached hydrogen (secondary N) is 1. The molecule has 0 spiro atoms. The van der Waals surface area contributed by atoms with Crippen LogP contribution in [0.2, 0.25) is 0 Å². The molecule has 1 heterocycles. The fraction of sp³-hybridized carbons (Fsp3) is 0.192. The number of benzene rings is 3. The number of fused-ring (bicyclic) bond motifs is 1. The standard InChI is InChI=1S/C26H26N4O/c1-18(2)30(25(31)23-14-13-21-11-7-8-12-22(21)17-23)24-15-16-27-26(29-24)28-19(3)20-9-5-4-6-10-20/h4-19H,1-3H3,(H,27,28,29)/t19-/m0/s1. The molecule has 5 nitrogen and oxygen atoms in total. The number of hydrogen-bond acceptors (Lipinski definition) is 4. The average molecular weight is 411 g/mol. The fourth-order valence-corrected chi connectivity index (χ4v) is 3.64. The maximum absolute atomic E-state index is 13.4. The van der Waals surface area contributed by atoms with E-state index in [4.69, 9.17) is 0 Å². The van der Waals surface area contributed by atoms with Crippen molar-refractivity contribution < 1.29 is 4.79 Å². The molecule has 0 unspecified atom stereocenters. The van der Waals surface area contributed by atoms with Crippen LogP contribution in [0.5, 0.6) is 0 Å². The molecule has 0 aliphatic rings. The van der Waals surface area contributed by atoms with Crippen molar-refractivity contribution in [3.05, 3.63) is 96.2 Å². The van der Waals surface area contributed by atoms with Crippen molar-refractivity contribution in [3.63, 3.8) is 0 Å². The number of aromatic nitrogens is 2. The monoisotopic (exact) mass is 410 g/mol. The van der Waals surface area contributed by atoms with E-state index in [1.54, 1.807) is 17.2 Å². The van der Waals surface area contributed by atoms with Crippen molar-refractivity contribution in [2.24, 2.45) is 0 Å². The van der Waals surface area contributed by atoms with E-state index >= 15 is 0 Å². The van der Waals surface area contributed by atoms with Crippen LogP contribution in [0.4, 0.5) is 11.8 Å². The lowest BCUT2D eigenvalue weighted by molar-refractivity contribution is 0.0979. The summed E-state index contributed by atoms with van der Waals surface area (Å²) in [5.74, 6) is 0.984. The second-order valence-electron chi connectivity index (χ2n) is 7.85. The molecule has 1 amide bonds. The van der Waals surface area contributed by atoms with E-state index in [0.717, 1.165) is 16.3 Å². The molecule has 0 saturated carbocycles. The van der Waals surface area contributed by atoms with Gasteiger partial charge in [-0.25, -0.2) is 4.98 Å². The van der Waals surface area contributed by atoms with Gasteiger partial charge >= 0.3 is 0 Å². The van der Waals surface area contributed by atoms with Gasteiger partial charge in [0.25, 0.3) is 5.91 Å². The van der Waals surface area contributed by atoms with Crippen molar-refractivity contribution in [2.75, 3.05) is 10.2 Å². The number of amides is 1. The topological polar surface area (TPSA) is 58.1 Å². The molecule has 0 aliphatic heterocycles. The Balaban J connectivity index is 1.62. The number of rotatable bonds is 6. The van der Waals surface area contributed by atoms with E-state index in [1.807, 2.05) is 74.5 Å². The quantitative estimate of drug-likeness (QED) is 0.433. The number of hydrogen-bond donors (Lipinski definition) is 1. The smallest absolute Gasteiger partial charge is 0.259 e. The SMILES string of the molecule is CC(C)N(C(=O)c1ccc2ccccc2c1)c1ccnc(N[C@@H](C)c2ccccc2)n1. The summed E-state index contributed by atoms with van der Waals surface area (Å²) in [5, 5.41) is 5.49. The third kappa shape index (κ3) is 4.56. The molecule has 0 aliphatic carbocycles. The van der Waals surface area contributed by atoms with Crippen LogP contribution in [-0.4, -0.2) is 21.9 Å². The lowest BCUT2D eigenvalue weighted by Crippen LogP contribution is -2.37. The van der Waals surface area contributed by atoms with Crippen molar-refractivity contribution in [3.8, 4) is 0 Å². The van der Waals surface area contributed by atoms with E-state index in [1.165, 1.54) is 0 Å². The molecule has 1 aromatic heterocycles. The van der Waals surface area contributed by atoms with Crippen molar-refractivity contribution in [1.82, 2.24) is 9.97 Å². The van der Waals surface area contributed by atoms with Gasteiger partial charge in [0, 0.05) is 17.8 Å². The number of nitrogens with zero attached hydrogens (tertiary/aromatic N) is 3. The Bertz CT molecular complexity index is 1190. The molecular weight excluding hydrogens is 384 g/mol. The molecule has 31 heavy (non-hydrogen) atoms. The highest BCUT2D eigenvalue weighted by atomic mass is 16.2. The van der Waals surface area contributed by atoms with Gasteiger partial charge in [0.15, 0.2) is 0 Å². The molecule has 4 rings (SSSR count). The Morgan fingerprint density at radius 2 is 1.58 bits per heavy atom. The average Bonchev–Trinajstić information content (AvgIpc) is 2.79. The van der Waals surface area contributed by atoms with E-state index in [0.29, 0.717) is 17.3 Å². The van der Waals surface area contributed by atoms with Crippen LogP contribution in [0.3, 0.4) is 0 Å². The van der Waals surface area contributed by atoms with Gasteiger partial charge in [0.1, 0.15) is 5.82 Å². The Kier molecular flexibility index (Phi) is 5.94. The van der Waals surface area contributed by atoms with Gasteiger partial charge in [-0.15, -0.1) is 0 Å². The number of anilines is 2. The molecule has 0 saturated heterocycles. The van der Waals surface area contributed by atoms with Crippen molar-refractivity contribution in [2.45, 2.75) is 32.9 Å². The summed E-state index contributed by atoms with van der Waals surface area (Å²) < 4.78 is 0. The summed E-state index contributed by atoms with van der Waals surface area (Å²) in [6.45, 7) is 6.04. The minimum atomic E-state index is -0.0819. The van der Waals surface area contributed by atoms with Crippen LogP contribution in [-0.2, 0) is 0 Å². The van der Waals surface area contributed by atoms with Crippen LogP contribution in [0.1, 0.15) is 42.7 Å². The van der Waals surface area contributed by atoms with Crippen LogP contribution >= 0.6 is 0 Å². The molecule has 156 valence electrons. The Morgan fingerprint density at radius 3 is 2.32 bits per heavy atom. The Hall–Kier alpha value is -3.73. The summed E-state index contributed by atoms with van der Waals surface area (Å²) in [5.41, 5.74) is 1.78. The van der Waals surface area contributed by atoms with Crippen LogP contribution in [0.15, 0.2) is 85.1 Å². The zero-order valence-corrected chi connectivity index (χ0v) is 18.0. The molecular formula is C26H26N4O. The maximum Gasteiger partial charge on any atom is 0.259 e. The summed E-state index contributed by atoms with van der Waals surface area (Å²) in [4.78, 5) is 24.2. The number of carbonyl (C=O) groups is 1. The highest BCUT2D eigenvalue weighted by molar-refractivity contribution is 6.07. The van der Waals surface area contributed by atoms with E-state index in [9.17, 15) is 4.79 Å². The van der Waals surface area contributed by atoms with E-state index in [-0.39, 0.29) is 18.0 Å². The van der Waals surface area contributed by atoms with Crippen LogP contribution in [0.25, 0.3) is 10.8 Å². The predicted molar refractivity (Wildman–Crippen MR) is 126 cm³/mol. The van der Waals surface area contributed by atoms with Gasteiger partial charge in [-0.1, -0.05) is 60.7 Å². The first kappa shape index (κ1) is 20.5. The molecule has 3 aromatic carbocycles. The summed E-state index contributed by atoms with van der Waals surface area (Å²) in [7, 11) is 0. The zero-order chi connectivity index (χ0) is 21.8. The first-order valence-electron chi connectivity index (χ1n) is 10.5. The highest BCUT2D eigenvalue weighted by Crippen LogP contribution is 2.23. The summed E-state index contributed by atoms with van der Waals surface area (Å²) >= 11 is 0. The summed E-state index contributed by atoms with van der Waals surface area (Å²) in [6.07, 6.45) is 1.69. The van der Waals surface area contributed by atoms with Gasteiger partial charge in [-0.2, -0.15) is 4.98 Å². The Morgan fingerprint density at radius 1 is 0.871 bits per heavy atom. The largest absolute Gasteiger partial charge is 0.348 e. The molecule has 1 atom stereocenters. The van der Waals surface area contributed by atoms with Gasteiger partial charge in [-0.05, 0) is 55.3 Å². The van der Waals surface area contributed by atoms with E-state index < -0.39 is 0 Å². The lowest BCUT2D eigenvalue weighted by atomic mass is 10.1. The minimum absolute atomic E-state index is 0.0418. The highest BCUT2D eigenvalue weighted by Gasteiger charge is 2.23. The summed E-state index contributed by atoms with van der Waals surface area (Å²) in [6, 6.07) is 25.7. The lowest BCUT2D eigenvalue weighted by Gasteiger charge is -2.26. The molecule has 0 bridgehead atoms. The fourth-order valence-electron chi connectivity index (χ4n) is 3.64. The number of carbonyl (C=O) groups excluding carboxylic acids is 1. The molecule has 4 aromatic rings. The van der Waals surface area contributed by atoms with Gasteiger partial charge in [0.05, 0.1) is 6.04 Å². The Labute approximate surface area is 182 Å². The van der Waals surface area contributed by atoms with Crippen LogP contribution in [0, 0.1) is 0 Å². The second-order valence-corrected chi connectivity index (χ2v) is 7.85. The molecule has 0 radical (unpaired) electrons. The van der Waals surface area contributed by atoms with Crippen molar-refractivity contribution in [1.29, 1.82) is 0 Å². The molecule has 1 N–H and O–H groups in total. The third-order valence-corrected chi connectivity index (χ3v) is 5.26. The first-order valence-corrected chi connectivity index (χ1v) is 10.5. The van der Waals surface area contributed by atoms with E-state index in [2.05, 4.69) is 34.3 Å². The van der Waals surface area contributed by atoms with Gasteiger partial charge in [-0.3, -0.25) is 9.69 Å².